The molecule has 4 rings (SSSR count). The van der Waals surface area contributed by atoms with Gasteiger partial charge >= 0.3 is 0 Å². The molecule has 1 amide bonds. The minimum Gasteiger partial charge on any atom is -0.322 e. The highest BCUT2D eigenvalue weighted by atomic mass is 35.5. The van der Waals surface area contributed by atoms with Crippen molar-refractivity contribution in [2.75, 3.05) is 23.1 Å². The van der Waals surface area contributed by atoms with Crippen molar-refractivity contribution in [3.8, 4) is 0 Å². The normalized spacial score (nSPS) is 15.3. The molecule has 1 heterocycles. The van der Waals surface area contributed by atoms with Gasteiger partial charge in [0.1, 0.15) is 0 Å². The Balaban J connectivity index is 1.50. The number of hydrogen-bond donors (Lipinski definition) is 2. The van der Waals surface area contributed by atoms with Crippen LogP contribution in [-0.2, 0) is 20.0 Å². The van der Waals surface area contributed by atoms with Crippen molar-refractivity contribution in [2.24, 2.45) is 5.92 Å². The van der Waals surface area contributed by atoms with Crippen molar-refractivity contribution in [3.05, 3.63) is 82.4 Å². The Morgan fingerprint density at radius 1 is 0.895 bits per heavy atom. The number of nitrogens with one attached hydrogen (secondary N) is 2. The highest BCUT2D eigenvalue weighted by Gasteiger charge is 2.29. The molecule has 3 aromatic carbocycles. The zero-order valence-electron chi connectivity index (χ0n) is 21.4. The third-order valence-electron chi connectivity index (χ3n) is 6.62. The molecular formula is C27H30ClN3O5S2. The third-order valence-corrected chi connectivity index (χ3v) is 10.2. The molecule has 0 aliphatic carbocycles. The van der Waals surface area contributed by atoms with E-state index in [4.69, 9.17) is 11.6 Å². The van der Waals surface area contributed by atoms with E-state index in [1.54, 1.807) is 6.07 Å². The van der Waals surface area contributed by atoms with Crippen LogP contribution in [0.4, 0.5) is 11.4 Å². The molecule has 0 aromatic heterocycles. The van der Waals surface area contributed by atoms with E-state index in [1.165, 1.54) is 46.8 Å². The molecule has 0 atom stereocenters. The maximum Gasteiger partial charge on any atom is 0.261 e. The van der Waals surface area contributed by atoms with E-state index in [1.807, 2.05) is 26.0 Å². The average molecular weight is 576 g/mol. The number of halogens is 1. The Bertz CT molecular complexity index is 1560. The van der Waals surface area contributed by atoms with Crippen LogP contribution in [0.5, 0.6) is 0 Å². The van der Waals surface area contributed by atoms with E-state index < -0.39 is 26.0 Å². The van der Waals surface area contributed by atoms with Gasteiger partial charge in [-0.15, -0.1) is 0 Å². The number of amides is 1. The summed E-state index contributed by atoms with van der Waals surface area (Å²) in [6.45, 7) is 6.65. The molecular weight excluding hydrogens is 546 g/mol. The summed E-state index contributed by atoms with van der Waals surface area (Å²) < 4.78 is 56.0. The van der Waals surface area contributed by atoms with Crippen LogP contribution in [0.25, 0.3) is 0 Å². The molecule has 1 fully saturated rings. The van der Waals surface area contributed by atoms with Gasteiger partial charge in [0.25, 0.3) is 15.9 Å². The number of rotatable bonds is 7. The number of aryl methyl sites for hydroxylation is 2. The van der Waals surface area contributed by atoms with E-state index >= 15 is 0 Å². The summed E-state index contributed by atoms with van der Waals surface area (Å²) in [5, 5.41) is 2.76. The van der Waals surface area contributed by atoms with Crippen LogP contribution in [0.1, 0.15) is 41.3 Å². The van der Waals surface area contributed by atoms with Gasteiger partial charge in [-0.1, -0.05) is 30.7 Å². The van der Waals surface area contributed by atoms with Gasteiger partial charge < -0.3 is 5.32 Å². The van der Waals surface area contributed by atoms with Gasteiger partial charge in [0, 0.05) is 18.8 Å². The van der Waals surface area contributed by atoms with Gasteiger partial charge in [-0.3, -0.25) is 9.52 Å². The molecule has 0 radical (unpaired) electrons. The Hall–Kier alpha value is -2.92. The van der Waals surface area contributed by atoms with Crippen LogP contribution in [0.3, 0.4) is 0 Å². The highest BCUT2D eigenvalue weighted by Crippen LogP contribution is 2.28. The van der Waals surface area contributed by atoms with Gasteiger partial charge in [-0.05, 0) is 92.3 Å². The molecule has 38 heavy (non-hydrogen) atoms. The van der Waals surface area contributed by atoms with Crippen molar-refractivity contribution in [1.82, 2.24) is 4.31 Å². The van der Waals surface area contributed by atoms with Crippen molar-refractivity contribution < 1.29 is 21.6 Å². The summed E-state index contributed by atoms with van der Waals surface area (Å²) in [7, 11) is -7.61. The van der Waals surface area contributed by atoms with E-state index in [0.29, 0.717) is 30.4 Å². The Labute approximate surface area is 229 Å². The first-order valence-electron chi connectivity index (χ1n) is 12.2. The standard InChI is InChI=1S/C27H30ClN3O5S2/c1-18-12-14-31(15-13-18)38(35,36)23-10-11-25(28)24(17-23)27(32)29-21-6-8-22(9-7-21)37(33,34)30-26-16-19(2)4-5-20(26)3/h4-11,16-18,30H,12-15H2,1-3H3,(H,29,32). The molecule has 0 saturated carbocycles. The van der Waals surface area contributed by atoms with E-state index in [0.717, 1.165) is 24.0 Å². The monoisotopic (exact) mass is 575 g/mol. The maximum absolute atomic E-state index is 13.1. The summed E-state index contributed by atoms with van der Waals surface area (Å²) in [6.07, 6.45) is 1.57. The van der Waals surface area contributed by atoms with Crippen LogP contribution < -0.4 is 10.0 Å². The summed E-state index contributed by atoms with van der Waals surface area (Å²) in [6, 6.07) is 15.2. The second-order valence-corrected chi connectivity index (χ2v) is 13.7. The molecule has 202 valence electrons. The van der Waals surface area contributed by atoms with Gasteiger partial charge in [-0.25, -0.2) is 16.8 Å². The van der Waals surface area contributed by atoms with Gasteiger partial charge in [0.15, 0.2) is 0 Å². The molecule has 0 unspecified atom stereocenters. The summed E-state index contributed by atoms with van der Waals surface area (Å²) in [4.78, 5) is 13.0. The fraction of sp³-hybridized carbons (Fsp3) is 0.296. The zero-order valence-corrected chi connectivity index (χ0v) is 23.8. The highest BCUT2D eigenvalue weighted by molar-refractivity contribution is 7.92. The van der Waals surface area contributed by atoms with Crippen molar-refractivity contribution in [3.63, 3.8) is 0 Å². The van der Waals surface area contributed by atoms with E-state index in [2.05, 4.69) is 17.0 Å². The number of piperidine rings is 1. The number of nitrogens with zero attached hydrogens (tertiary/aromatic N) is 1. The first-order chi connectivity index (χ1) is 17.9. The number of sulfonamides is 2. The summed E-state index contributed by atoms with van der Waals surface area (Å²) in [5.41, 5.74) is 2.54. The summed E-state index contributed by atoms with van der Waals surface area (Å²) in [5.74, 6) is -0.139. The van der Waals surface area contributed by atoms with E-state index in [-0.39, 0.29) is 20.4 Å². The first kappa shape index (κ1) is 28.1. The molecule has 2 N–H and O–H groups in total. The SMILES string of the molecule is Cc1ccc(C)c(NS(=O)(=O)c2ccc(NC(=O)c3cc(S(=O)(=O)N4CCC(C)CC4)ccc3Cl)cc2)c1. The van der Waals surface area contributed by atoms with Crippen LogP contribution >= 0.6 is 11.6 Å². The molecule has 8 nitrogen and oxygen atoms in total. The fourth-order valence-corrected chi connectivity index (χ4v) is 7.00. The first-order valence-corrected chi connectivity index (χ1v) is 15.5. The van der Waals surface area contributed by atoms with E-state index in [9.17, 15) is 21.6 Å². The van der Waals surface area contributed by atoms with Gasteiger partial charge in [0.2, 0.25) is 10.0 Å². The molecule has 11 heteroatoms. The number of benzene rings is 3. The topological polar surface area (TPSA) is 113 Å². The van der Waals surface area contributed by atoms with Crippen LogP contribution in [0, 0.1) is 19.8 Å². The van der Waals surface area contributed by atoms with Crippen molar-refractivity contribution in [1.29, 1.82) is 0 Å². The lowest BCUT2D eigenvalue weighted by molar-refractivity contribution is 0.102. The molecule has 3 aromatic rings. The smallest absolute Gasteiger partial charge is 0.261 e. The fourth-order valence-electron chi connectivity index (χ4n) is 4.18. The van der Waals surface area contributed by atoms with Crippen molar-refractivity contribution in [2.45, 2.75) is 43.4 Å². The molecule has 0 spiro atoms. The molecule has 1 saturated heterocycles. The zero-order chi connectivity index (χ0) is 27.7. The lowest BCUT2D eigenvalue weighted by Gasteiger charge is -2.29. The largest absolute Gasteiger partial charge is 0.322 e. The third kappa shape index (κ3) is 6.20. The van der Waals surface area contributed by atoms with Gasteiger partial charge in [0.05, 0.1) is 26.1 Å². The van der Waals surface area contributed by atoms with Crippen LogP contribution in [0.2, 0.25) is 5.02 Å². The van der Waals surface area contributed by atoms with Gasteiger partial charge in [-0.2, -0.15) is 4.31 Å². The Morgan fingerprint density at radius 2 is 1.53 bits per heavy atom. The molecule has 1 aliphatic heterocycles. The quantitative estimate of drug-likeness (QED) is 0.390. The second kappa shape index (κ2) is 11.1. The number of carbonyl (C=O) groups is 1. The maximum atomic E-state index is 13.1. The minimum atomic E-state index is -3.85. The molecule has 0 bridgehead atoms. The predicted octanol–water partition coefficient (Wildman–Crippen LogP) is 5.43. The molecule has 1 aliphatic rings. The number of carbonyl (C=O) groups excluding carboxylic acids is 1. The summed E-state index contributed by atoms with van der Waals surface area (Å²) >= 11 is 6.24. The Kier molecular flexibility index (Phi) is 8.17. The Morgan fingerprint density at radius 3 is 2.18 bits per heavy atom. The lowest BCUT2D eigenvalue weighted by atomic mass is 10.0. The lowest BCUT2D eigenvalue weighted by Crippen LogP contribution is -2.37. The number of hydrogen-bond acceptors (Lipinski definition) is 5. The number of anilines is 2. The second-order valence-electron chi connectivity index (χ2n) is 9.63. The van der Waals surface area contributed by atoms with Crippen LogP contribution in [0.15, 0.2) is 70.5 Å². The average Bonchev–Trinajstić information content (AvgIpc) is 2.87. The predicted molar refractivity (Wildman–Crippen MR) is 150 cm³/mol. The van der Waals surface area contributed by atoms with Crippen molar-refractivity contribution >= 4 is 48.9 Å². The van der Waals surface area contributed by atoms with Crippen LogP contribution in [-0.4, -0.2) is 40.1 Å². The minimum absolute atomic E-state index is 0.000519.